The standard InChI is InChI=1S/C32H37Cl2N3O6S/c1-42-29-17-16-24(19-30(29)43-2)37(44(3,40)41)21-31(38)36(20-25-26(33)14-9-15-27(25)34)28(18-22-10-5-4-6-11-22)32(39)35-23-12-7-8-13-23/h4-6,9-11,14-17,19,23,28H,7-8,12-13,18,20-21H2,1-3H3,(H,35,39)/t28-/m0/s1. The Hall–Kier alpha value is -3.47. The third kappa shape index (κ3) is 8.37. The van der Waals surface area contributed by atoms with Gasteiger partial charge in [-0.1, -0.05) is 72.4 Å². The lowest BCUT2D eigenvalue weighted by Gasteiger charge is -2.34. The number of anilines is 1. The van der Waals surface area contributed by atoms with E-state index in [1.165, 1.54) is 31.3 Å². The largest absolute Gasteiger partial charge is 0.493 e. The lowest BCUT2D eigenvalue weighted by Crippen LogP contribution is -2.54. The van der Waals surface area contributed by atoms with Gasteiger partial charge in [0.15, 0.2) is 11.5 Å². The number of nitrogens with zero attached hydrogens (tertiary/aromatic N) is 2. The van der Waals surface area contributed by atoms with Crippen molar-refractivity contribution in [1.29, 1.82) is 0 Å². The number of methoxy groups -OCH3 is 2. The average Bonchev–Trinajstić information content (AvgIpc) is 3.51. The molecule has 3 aromatic carbocycles. The molecule has 0 saturated heterocycles. The van der Waals surface area contributed by atoms with Crippen molar-refractivity contribution in [2.75, 3.05) is 31.3 Å². The summed E-state index contributed by atoms with van der Waals surface area (Å²) in [6.07, 6.45) is 4.95. The third-order valence-corrected chi connectivity index (χ3v) is 9.55. The van der Waals surface area contributed by atoms with Gasteiger partial charge >= 0.3 is 0 Å². The molecule has 1 aliphatic rings. The minimum Gasteiger partial charge on any atom is -0.493 e. The number of carbonyl (C=O) groups is 2. The predicted molar refractivity (Wildman–Crippen MR) is 173 cm³/mol. The van der Waals surface area contributed by atoms with E-state index in [2.05, 4.69) is 5.32 Å². The molecule has 44 heavy (non-hydrogen) atoms. The van der Waals surface area contributed by atoms with Gasteiger partial charge in [-0.3, -0.25) is 13.9 Å². The summed E-state index contributed by atoms with van der Waals surface area (Å²) in [6, 6.07) is 18.0. The van der Waals surface area contributed by atoms with Crippen LogP contribution in [0.2, 0.25) is 10.0 Å². The SMILES string of the molecule is COc1ccc(N(CC(=O)N(Cc2c(Cl)cccc2Cl)[C@@H](Cc2ccccc2)C(=O)NC2CCCC2)S(C)(=O)=O)cc1OC. The smallest absolute Gasteiger partial charge is 0.244 e. The lowest BCUT2D eigenvalue weighted by molar-refractivity contribution is -0.140. The number of hydrogen-bond acceptors (Lipinski definition) is 6. The molecule has 9 nitrogen and oxygen atoms in total. The molecule has 0 aliphatic heterocycles. The van der Waals surface area contributed by atoms with Crippen LogP contribution in [0, 0.1) is 0 Å². The number of ether oxygens (including phenoxy) is 2. The van der Waals surface area contributed by atoms with E-state index in [0.717, 1.165) is 41.8 Å². The topological polar surface area (TPSA) is 105 Å². The summed E-state index contributed by atoms with van der Waals surface area (Å²) < 4.78 is 37.8. The Kier molecular flexibility index (Phi) is 11.4. The number of nitrogens with one attached hydrogen (secondary N) is 1. The number of amides is 2. The van der Waals surface area contributed by atoms with Crippen LogP contribution in [-0.2, 0) is 32.6 Å². The van der Waals surface area contributed by atoms with Crippen molar-refractivity contribution < 1.29 is 27.5 Å². The molecule has 0 unspecified atom stereocenters. The minimum atomic E-state index is -3.97. The Morgan fingerprint density at radius 3 is 2.16 bits per heavy atom. The second-order valence-corrected chi connectivity index (χ2v) is 13.4. The highest BCUT2D eigenvalue weighted by Crippen LogP contribution is 2.33. The van der Waals surface area contributed by atoms with Gasteiger partial charge in [-0.15, -0.1) is 0 Å². The molecule has 0 radical (unpaired) electrons. The van der Waals surface area contributed by atoms with Crippen LogP contribution >= 0.6 is 23.2 Å². The van der Waals surface area contributed by atoms with Crippen molar-refractivity contribution >= 4 is 50.7 Å². The average molecular weight is 663 g/mol. The number of hydrogen-bond donors (Lipinski definition) is 1. The van der Waals surface area contributed by atoms with Gasteiger partial charge in [0, 0.05) is 40.7 Å². The molecule has 0 bridgehead atoms. The zero-order chi connectivity index (χ0) is 31.9. The molecule has 0 heterocycles. The van der Waals surface area contributed by atoms with Gasteiger partial charge in [0.2, 0.25) is 21.8 Å². The molecule has 0 spiro atoms. The fourth-order valence-electron chi connectivity index (χ4n) is 5.37. The summed E-state index contributed by atoms with van der Waals surface area (Å²) in [5.74, 6) is -0.237. The van der Waals surface area contributed by atoms with Crippen molar-refractivity contribution in [3.05, 3.63) is 87.9 Å². The normalized spacial score (nSPS) is 14.1. The van der Waals surface area contributed by atoms with Crippen LogP contribution in [0.15, 0.2) is 66.7 Å². The van der Waals surface area contributed by atoms with E-state index in [1.54, 1.807) is 24.3 Å². The van der Waals surface area contributed by atoms with Crippen LogP contribution in [0.4, 0.5) is 5.69 Å². The zero-order valence-electron chi connectivity index (χ0n) is 25.0. The van der Waals surface area contributed by atoms with Crippen LogP contribution in [0.25, 0.3) is 0 Å². The molecule has 1 fully saturated rings. The maximum absolute atomic E-state index is 14.3. The van der Waals surface area contributed by atoms with Gasteiger partial charge in [-0.25, -0.2) is 8.42 Å². The highest BCUT2D eigenvalue weighted by atomic mass is 35.5. The number of benzene rings is 3. The summed E-state index contributed by atoms with van der Waals surface area (Å²) >= 11 is 13.1. The molecule has 236 valence electrons. The van der Waals surface area contributed by atoms with Crippen molar-refractivity contribution in [3.63, 3.8) is 0 Å². The van der Waals surface area contributed by atoms with Crippen molar-refractivity contribution in [2.45, 2.75) is 50.7 Å². The van der Waals surface area contributed by atoms with Crippen LogP contribution < -0.4 is 19.1 Å². The van der Waals surface area contributed by atoms with E-state index in [0.29, 0.717) is 27.1 Å². The predicted octanol–water partition coefficient (Wildman–Crippen LogP) is 5.48. The Labute approximate surface area is 269 Å². The minimum absolute atomic E-state index is 0.000841. The number of carbonyl (C=O) groups excluding carboxylic acids is 2. The van der Waals surface area contributed by atoms with Crippen LogP contribution in [0.5, 0.6) is 11.5 Å². The van der Waals surface area contributed by atoms with Crippen LogP contribution in [0.1, 0.15) is 36.8 Å². The first-order valence-electron chi connectivity index (χ1n) is 14.3. The number of rotatable bonds is 13. The Morgan fingerprint density at radius 1 is 0.932 bits per heavy atom. The van der Waals surface area contributed by atoms with E-state index in [4.69, 9.17) is 32.7 Å². The summed E-state index contributed by atoms with van der Waals surface area (Å²) in [4.78, 5) is 29.7. The monoisotopic (exact) mass is 661 g/mol. The molecule has 1 saturated carbocycles. The van der Waals surface area contributed by atoms with E-state index in [-0.39, 0.29) is 30.6 Å². The van der Waals surface area contributed by atoms with E-state index in [9.17, 15) is 18.0 Å². The van der Waals surface area contributed by atoms with Gasteiger partial charge in [0.1, 0.15) is 12.6 Å². The summed E-state index contributed by atoms with van der Waals surface area (Å²) in [6.45, 7) is -0.700. The first-order chi connectivity index (χ1) is 21.0. The highest BCUT2D eigenvalue weighted by Gasteiger charge is 2.35. The molecule has 1 atom stereocenters. The Morgan fingerprint density at radius 2 is 1.57 bits per heavy atom. The third-order valence-electron chi connectivity index (χ3n) is 7.70. The molecular weight excluding hydrogens is 625 g/mol. The second kappa shape index (κ2) is 15.0. The van der Waals surface area contributed by atoms with Gasteiger partial charge in [-0.05, 0) is 42.7 Å². The number of halogens is 2. The molecule has 1 aliphatic carbocycles. The second-order valence-electron chi connectivity index (χ2n) is 10.7. The van der Waals surface area contributed by atoms with E-state index in [1.807, 2.05) is 30.3 Å². The molecule has 2 amide bonds. The maximum atomic E-state index is 14.3. The van der Waals surface area contributed by atoms with Gasteiger partial charge in [0.25, 0.3) is 0 Å². The first-order valence-corrected chi connectivity index (χ1v) is 16.9. The van der Waals surface area contributed by atoms with Crippen molar-refractivity contribution in [2.24, 2.45) is 0 Å². The molecule has 3 aromatic rings. The fraction of sp³-hybridized carbons (Fsp3) is 0.375. The molecule has 4 rings (SSSR count). The summed E-state index contributed by atoms with van der Waals surface area (Å²) in [5.41, 5.74) is 1.49. The Balaban J connectivity index is 1.77. The summed E-state index contributed by atoms with van der Waals surface area (Å²) in [7, 11) is -1.06. The lowest BCUT2D eigenvalue weighted by atomic mass is 10.0. The van der Waals surface area contributed by atoms with E-state index < -0.39 is 28.5 Å². The quantitative estimate of drug-likeness (QED) is 0.260. The Bertz CT molecular complexity index is 1550. The zero-order valence-corrected chi connectivity index (χ0v) is 27.3. The van der Waals surface area contributed by atoms with Gasteiger partial charge in [-0.2, -0.15) is 0 Å². The molecular formula is C32H37Cl2N3O6S. The summed E-state index contributed by atoms with van der Waals surface area (Å²) in [5, 5.41) is 3.78. The number of sulfonamides is 1. The molecule has 1 N–H and O–H groups in total. The van der Waals surface area contributed by atoms with Crippen LogP contribution in [-0.4, -0.2) is 64.2 Å². The maximum Gasteiger partial charge on any atom is 0.244 e. The van der Waals surface area contributed by atoms with Gasteiger partial charge in [0.05, 0.1) is 26.2 Å². The van der Waals surface area contributed by atoms with E-state index >= 15 is 0 Å². The van der Waals surface area contributed by atoms with Gasteiger partial charge < -0.3 is 19.7 Å². The highest BCUT2D eigenvalue weighted by molar-refractivity contribution is 7.92. The van der Waals surface area contributed by atoms with Crippen molar-refractivity contribution in [1.82, 2.24) is 10.2 Å². The van der Waals surface area contributed by atoms with Crippen molar-refractivity contribution in [3.8, 4) is 11.5 Å². The fourth-order valence-corrected chi connectivity index (χ4v) is 6.73. The molecule has 12 heteroatoms. The van der Waals surface area contributed by atoms with Crippen LogP contribution in [0.3, 0.4) is 0 Å². The molecule has 0 aromatic heterocycles. The first kappa shape index (κ1) is 33.4.